The van der Waals surface area contributed by atoms with Crippen molar-refractivity contribution in [1.29, 1.82) is 0 Å². The fraction of sp³-hybridized carbons (Fsp3) is 0.200. The van der Waals surface area contributed by atoms with Crippen LogP contribution in [0.5, 0.6) is 11.5 Å². The molecule has 0 unspecified atom stereocenters. The zero-order valence-electron chi connectivity index (χ0n) is 15.8. The Morgan fingerprint density at radius 1 is 1.21 bits per heavy atom. The summed E-state index contributed by atoms with van der Waals surface area (Å²) in [5, 5.41) is 10.2. The largest absolute Gasteiger partial charge is 0.493 e. The van der Waals surface area contributed by atoms with Gasteiger partial charge in [0.15, 0.2) is 11.5 Å². The van der Waals surface area contributed by atoms with E-state index < -0.39 is 5.56 Å². The maximum absolute atomic E-state index is 11.8. The number of nitrogens with zero attached hydrogens (tertiary/aromatic N) is 3. The number of aromatic amines is 1. The van der Waals surface area contributed by atoms with Crippen LogP contribution in [0.1, 0.15) is 22.3 Å². The molecule has 7 nitrogen and oxygen atoms in total. The van der Waals surface area contributed by atoms with E-state index in [0.29, 0.717) is 18.1 Å². The molecule has 144 valence electrons. The molecular weight excluding hydrogens is 376 g/mol. The van der Waals surface area contributed by atoms with E-state index in [2.05, 4.69) is 47.3 Å². The van der Waals surface area contributed by atoms with Crippen molar-refractivity contribution in [3.8, 4) is 11.5 Å². The SMILES string of the molecule is COc1cc(/C=N\n2c(=O)cn[nH]c2=S)ccc1OCc1cc(C)ccc1C. The van der Waals surface area contributed by atoms with Gasteiger partial charge in [0, 0.05) is 0 Å². The van der Waals surface area contributed by atoms with Gasteiger partial charge in [-0.1, -0.05) is 23.8 Å². The van der Waals surface area contributed by atoms with Crippen molar-refractivity contribution < 1.29 is 9.47 Å². The Balaban J connectivity index is 1.80. The van der Waals surface area contributed by atoms with Gasteiger partial charge in [0.05, 0.1) is 13.3 Å². The molecule has 2 aromatic carbocycles. The number of nitrogens with one attached hydrogen (secondary N) is 1. The molecule has 28 heavy (non-hydrogen) atoms. The molecule has 0 radical (unpaired) electrons. The minimum Gasteiger partial charge on any atom is -0.493 e. The average molecular weight is 396 g/mol. The van der Waals surface area contributed by atoms with Gasteiger partial charge in [0.25, 0.3) is 5.56 Å². The third-order valence-corrected chi connectivity index (χ3v) is 4.40. The molecule has 0 fully saturated rings. The summed E-state index contributed by atoms with van der Waals surface area (Å²) >= 11 is 5.01. The molecule has 1 aromatic heterocycles. The number of ether oxygens (including phenoxy) is 2. The van der Waals surface area contributed by atoms with Crippen molar-refractivity contribution in [2.45, 2.75) is 20.5 Å². The molecule has 0 saturated carbocycles. The second kappa shape index (κ2) is 8.62. The number of rotatable bonds is 6. The number of aryl methyl sites for hydroxylation is 2. The van der Waals surface area contributed by atoms with E-state index in [1.807, 2.05) is 6.07 Å². The summed E-state index contributed by atoms with van der Waals surface area (Å²) in [7, 11) is 1.57. The van der Waals surface area contributed by atoms with E-state index in [1.165, 1.54) is 17.3 Å². The molecule has 0 spiro atoms. The predicted molar refractivity (Wildman–Crippen MR) is 110 cm³/mol. The molecule has 3 aromatic rings. The summed E-state index contributed by atoms with van der Waals surface area (Å²) in [6.45, 7) is 4.55. The van der Waals surface area contributed by atoms with Gasteiger partial charge < -0.3 is 9.47 Å². The lowest BCUT2D eigenvalue weighted by molar-refractivity contribution is 0.284. The molecule has 1 N–H and O–H groups in total. The second-order valence-corrected chi connectivity index (χ2v) is 6.59. The Morgan fingerprint density at radius 3 is 2.79 bits per heavy atom. The normalized spacial score (nSPS) is 11.0. The third kappa shape index (κ3) is 4.52. The highest BCUT2D eigenvalue weighted by Crippen LogP contribution is 2.28. The van der Waals surface area contributed by atoms with Crippen LogP contribution >= 0.6 is 12.2 Å². The highest BCUT2D eigenvalue weighted by atomic mass is 32.1. The smallest absolute Gasteiger partial charge is 0.293 e. The van der Waals surface area contributed by atoms with Crippen LogP contribution in [-0.2, 0) is 6.61 Å². The third-order valence-electron chi connectivity index (χ3n) is 4.13. The summed E-state index contributed by atoms with van der Waals surface area (Å²) in [5.74, 6) is 1.19. The van der Waals surface area contributed by atoms with E-state index in [9.17, 15) is 4.79 Å². The van der Waals surface area contributed by atoms with Gasteiger partial charge in [-0.15, -0.1) is 0 Å². The molecule has 0 atom stereocenters. The molecular formula is C20H20N4O3S. The number of methoxy groups -OCH3 is 1. The Hall–Kier alpha value is -3.26. The quantitative estimate of drug-likeness (QED) is 0.510. The van der Waals surface area contributed by atoms with Crippen LogP contribution in [0.3, 0.4) is 0 Å². The van der Waals surface area contributed by atoms with Gasteiger partial charge in [0.1, 0.15) is 12.8 Å². The maximum atomic E-state index is 11.8. The van der Waals surface area contributed by atoms with Crippen molar-refractivity contribution in [2.75, 3.05) is 7.11 Å². The first-order valence-electron chi connectivity index (χ1n) is 8.56. The summed E-state index contributed by atoms with van der Waals surface area (Å²) in [6, 6.07) is 11.7. The predicted octanol–water partition coefficient (Wildman–Crippen LogP) is 3.39. The number of aromatic nitrogens is 3. The lowest BCUT2D eigenvalue weighted by Gasteiger charge is -2.13. The van der Waals surface area contributed by atoms with Gasteiger partial charge in [0.2, 0.25) is 4.77 Å². The van der Waals surface area contributed by atoms with Gasteiger partial charge in [-0.25, -0.2) is 0 Å². The molecule has 8 heteroatoms. The molecule has 0 aliphatic heterocycles. The number of H-pyrrole nitrogens is 1. The van der Waals surface area contributed by atoms with Crippen LogP contribution in [0.2, 0.25) is 0 Å². The minimum absolute atomic E-state index is 0.115. The highest BCUT2D eigenvalue weighted by molar-refractivity contribution is 7.71. The summed E-state index contributed by atoms with van der Waals surface area (Å²) < 4.78 is 12.6. The molecule has 3 rings (SSSR count). The van der Waals surface area contributed by atoms with Crippen molar-refractivity contribution in [3.63, 3.8) is 0 Å². The molecule has 0 aliphatic rings. The van der Waals surface area contributed by atoms with Crippen molar-refractivity contribution >= 4 is 18.4 Å². The molecule has 0 aliphatic carbocycles. The van der Waals surface area contributed by atoms with Crippen LogP contribution in [0.4, 0.5) is 0 Å². The van der Waals surface area contributed by atoms with E-state index in [-0.39, 0.29) is 4.77 Å². The van der Waals surface area contributed by atoms with Crippen LogP contribution < -0.4 is 15.0 Å². The van der Waals surface area contributed by atoms with Gasteiger partial charge in [-0.05, 0) is 61.0 Å². The monoisotopic (exact) mass is 396 g/mol. The lowest BCUT2D eigenvalue weighted by Crippen LogP contribution is -2.18. The van der Waals surface area contributed by atoms with Crippen molar-refractivity contribution in [3.05, 3.63) is 80.0 Å². The fourth-order valence-corrected chi connectivity index (χ4v) is 2.76. The summed E-state index contributed by atoms with van der Waals surface area (Å²) in [5.41, 5.74) is 3.80. The van der Waals surface area contributed by atoms with Crippen LogP contribution in [0.15, 0.2) is 52.5 Å². The minimum atomic E-state index is -0.416. The Morgan fingerprint density at radius 2 is 2.04 bits per heavy atom. The Labute approximate surface area is 167 Å². The zero-order valence-corrected chi connectivity index (χ0v) is 16.6. The molecule has 0 bridgehead atoms. The van der Waals surface area contributed by atoms with E-state index in [1.54, 1.807) is 19.2 Å². The number of hydrogen-bond acceptors (Lipinski definition) is 6. The number of benzene rings is 2. The number of hydrogen-bond donors (Lipinski definition) is 1. The average Bonchev–Trinajstić information content (AvgIpc) is 2.68. The molecule has 0 saturated heterocycles. The van der Waals surface area contributed by atoms with E-state index in [4.69, 9.17) is 21.7 Å². The van der Waals surface area contributed by atoms with Crippen LogP contribution in [-0.4, -0.2) is 28.2 Å². The zero-order chi connectivity index (χ0) is 20.1. The first kappa shape index (κ1) is 19.5. The van der Waals surface area contributed by atoms with Gasteiger partial charge in [-0.3, -0.25) is 9.89 Å². The fourth-order valence-electron chi connectivity index (χ4n) is 2.57. The van der Waals surface area contributed by atoms with Crippen molar-refractivity contribution in [2.24, 2.45) is 5.10 Å². The standard InChI is InChI=1S/C20H20N4O3S/c1-13-4-5-14(2)16(8-13)12-27-17-7-6-15(9-18(17)26-3)10-22-24-19(25)11-21-23-20(24)28/h4-11H,12H2,1-3H3,(H,23,28)/b22-10-. The van der Waals surface area contributed by atoms with Crippen molar-refractivity contribution in [1.82, 2.24) is 14.9 Å². The van der Waals surface area contributed by atoms with Crippen LogP contribution in [0, 0.1) is 18.6 Å². The Kier molecular flexibility index (Phi) is 6.00. The first-order chi connectivity index (χ1) is 13.5. The summed E-state index contributed by atoms with van der Waals surface area (Å²) in [4.78, 5) is 11.8. The maximum Gasteiger partial charge on any atom is 0.293 e. The van der Waals surface area contributed by atoms with Crippen LogP contribution in [0.25, 0.3) is 0 Å². The van der Waals surface area contributed by atoms with Gasteiger partial charge >= 0.3 is 0 Å². The summed E-state index contributed by atoms with van der Waals surface area (Å²) in [6.07, 6.45) is 2.62. The Bertz CT molecular complexity index is 1110. The molecule has 1 heterocycles. The highest BCUT2D eigenvalue weighted by Gasteiger charge is 2.07. The topological polar surface area (TPSA) is 81.5 Å². The first-order valence-corrected chi connectivity index (χ1v) is 8.97. The van der Waals surface area contributed by atoms with E-state index >= 15 is 0 Å². The molecule has 0 amide bonds. The lowest BCUT2D eigenvalue weighted by atomic mass is 10.1. The van der Waals surface area contributed by atoms with Gasteiger partial charge in [-0.2, -0.15) is 14.9 Å². The second-order valence-electron chi connectivity index (χ2n) is 6.20. The van der Waals surface area contributed by atoms with E-state index in [0.717, 1.165) is 22.0 Å².